The van der Waals surface area contributed by atoms with E-state index in [4.69, 9.17) is 9.84 Å². The first-order chi connectivity index (χ1) is 7.77. The van der Waals surface area contributed by atoms with Crippen molar-refractivity contribution >= 4 is 11.7 Å². The number of carboxylic acid groups (broad SMARTS) is 1. The summed E-state index contributed by atoms with van der Waals surface area (Å²) in [6.07, 6.45) is 1.28. The van der Waals surface area contributed by atoms with E-state index >= 15 is 0 Å². The Morgan fingerprint density at radius 3 is 3.06 bits per heavy atom. The van der Waals surface area contributed by atoms with Crippen molar-refractivity contribution in [2.24, 2.45) is 0 Å². The number of hydrogen-bond donors (Lipinski definition) is 2. The second-order valence-electron chi connectivity index (χ2n) is 4.00. The van der Waals surface area contributed by atoms with Crippen molar-refractivity contribution in [3.05, 3.63) is 41.7 Å². The van der Waals surface area contributed by atoms with Crippen LogP contribution in [0.1, 0.15) is 11.5 Å². The SMILES string of the molecule is O=C(O)C1=CO[C@H]2CNc3ccccc3[C@@H]12. The summed E-state index contributed by atoms with van der Waals surface area (Å²) in [6.45, 7) is 0.648. The van der Waals surface area contributed by atoms with Crippen LogP contribution in [0, 0.1) is 0 Å². The van der Waals surface area contributed by atoms with Crippen LogP contribution in [-0.4, -0.2) is 23.7 Å². The third-order valence-corrected chi connectivity index (χ3v) is 3.11. The molecule has 3 rings (SSSR count). The molecule has 0 bridgehead atoms. The number of carbonyl (C=O) groups is 1. The summed E-state index contributed by atoms with van der Waals surface area (Å²) in [5.74, 6) is -1.04. The van der Waals surface area contributed by atoms with Crippen molar-refractivity contribution in [3.63, 3.8) is 0 Å². The Hall–Kier alpha value is -1.97. The number of ether oxygens (including phenoxy) is 1. The molecule has 16 heavy (non-hydrogen) atoms. The van der Waals surface area contributed by atoms with Crippen LogP contribution >= 0.6 is 0 Å². The zero-order valence-corrected chi connectivity index (χ0v) is 8.51. The van der Waals surface area contributed by atoms with E-state index in [1.54, 1.807) is 0 Å². The van der Waals surface area contributed by atoms with Crippen molar-refractivity contribution in [2.75, 3.05) is 11.9 Å². The van der Waals surface area contributed by atoms with Gasteiger partial charge in [-0.2, -0.15) is 0 Å². The molecule has 4 nitrogen and oxygen atoms in total. The van der Waals surface area contributed by atoms with Gasteiger partial charge >= 0.3 is 5.97 Å². The van der Waals surface area contributed by atoms with Crippen LogP contribution in [0.5, 0.6) is 0 Å². The van der Waals surface area contributed by atoms with E-state index in [9.17, 15) is 4.79 Å². The number of hydrogen-bond acceptors (Lipinski definition) is 3. The predicted molar refractivity (Wildman–Crippen MR) is 58.3 cm³/mol. The third-order valence-electron chi connectivity index (χ3n) is 3.11. The standard InChI is InChI=1S/C12H11NO3/c14-12(15)8-6-16-10-5-13-9-4-2-1-3-7(9)11(8)10/h1-4,6,10-11,13H,5H2,(H,14,15)/t10-,11-/m0/s1. The summed E-state index contributed by atoms with van der Waals surface area (Å²) >= 11 is 0. The van der Waals surface area contributed by atoms with Gasteiger partial charge in [-0.05, 0) is 11.6 Å². The lowest BCUT2D eigenvalue weighted by molar-refractivity contribution is -0.132. The summed E-state index contributed by atoms with van der Waals surface area (Å²) in [6, 6.07) is 7.76. The number of benzene rings is 1. The van der Waals surface area contributed by atoms with Crippen LogP contribution in [0.15, 0.2) is 36.1 Å². The molecule has 0 amide bonds. The van der Waals surface area contributed by atoms with Gasteiger partial charge in [0.25, 0.3) is 0 Å². The van der Waals surface area contributed by atoms with E-state index in [1.807, 2.05) is 24.3 Å². The van der Waals surface area contributed by atoms with Gasteiger partial charge in [-0.25, -0.2) is 4.79 Å². The number of rotatable bonds is 1. The number of para-hydroxylation sites is 1. The minimum absolute atomic E-state index is 0.0963. The molecule has 0 aliphatic carbocycles. The van der Waals surface area contributed by atoms with Crippen LogP contribution in [0.4, 0.5) is 5.69 Å². The van der Waals surface area contributed by atoms with Crippen molar-refractivity contribution in [1.29, 1.82) is 0 Å². The van der Waals surface area contributed by atoms with Crippen molar-refractivity contribution in [1.82, 2.24) is 0 Å². The Balaban J connectivity index is 2.08. The largest absolute Gasteiger partial charge is 0.495 e. The smallest absolute Gasteiger partial charge is 0.335 e. The molecule has 2 aliphatic rings. The molecule has 0 radical (unpaired) electrons. The topological polar surface area (TPSA) is 58.6 Å². The molecule has 4 heteroatoms. The van der Waals surface area contributed by atoms with Crippen LogP contribution in [-0.2, 0) is 9.53 Å². The number of aliphatic carboxylic acids is 1. The highest BCUT2D eigenvalue weighted by atomic mass is 16.5. The van der Waals surface area contributed by atoms with E-state index in [2.05, 4.69) is 5.32 Å². The Bertz CT molecular complexity index is 481. The first-order valence-electron chi connectivity index (χ1n) is 5.19. The molecule has 1 aromatic carbocycles. The van der Waals surface area contributed by atoms with Gasteiger partial charge in [0.15, 0.2) is 0 Å². The van der Waals surface area contributed by atoms with Gasteiger partial charge in [0.1, 0.15) is 6.10 Å². The van der Waals surface area contributed by atoms with Crippen LogP contribution in [0.3, 0.4) is 0 Å². The van der Waals surface area contributed by atoms with Gasteiger partial charge in [-0.3, -0.25) is 0 Å². The van der Waals surface area contributed by atoms with E-state index in [1.165, 1.54) is 6.26 Å². The van der Waals surface area contributed by atoms with E-state index in [-0.39, 0.29) is 12.0 Å². The first kappa shape index (κ1) is 9.27. The maximum absolute atomic E-state index is 11.1. The Morgan fingerprint density at radius 1 is 1.44 bits per heavy atom. The highest BCUT2D eigenvalue weighted by Gasteiger charge is 2.40. The molecule has 2 atom stereocenters. The average molecular weight is 217 g/mol. The summed E-state index contributed by atoms with van der Waals surface area (Å²) < 4.78 is 5.38. The van der Waals surface area contributed by atoms with Crippen molar-refractivity contribution in [2.45, 2.75) is 12.0 Å². The number of fused-ring (bicyclic) bond motifs is 3. The molecule has 0 aromatic heterocycles. The highest BCUT2D eigenvalue weighted by Crippen LogP contribution is 2.41. The number of anilines is 1. The summed E-state index contributed by atoms with van der Waals surface area (Å²) in [7, 11) is 0. The van der Waals surface area contributed by atoms with E-state index in [0.717, 1.165) is 11.3 Å². The molecule has 0 saturated carbocycles. The number of nitrogens with one attached hydrogen (secondary N) is 1. The van der Waals surface area contributed by atoms with Crippen molar-refractivity contribution in [3.8, 4) is 0 Å². The maximum Gasteiger partial charge on any atom is 0.335 e. The average Bonchev–Trinajstić information content (AvgIpc) is 2.73. The Morgan fingerprint density at radius 2 is 2.25 bits per heavy atom. The van der Waals surface area contributed by atoms with Crippen LogP contribution < -0.4 is 5.32 Å². The molecule has 0 unspecified atom stereocenters. The molecule has 0 spiro atoms. The fourth-order valence-corrected chi connectivity index (χ4v) is 2.37. The van der Waals surface area contributed by atoms with Gasteiger partial charge in [-0.15, -0.1) is 0 Å². The van der Waals surface area contributed by atoms with Gasteiger partial charge in [-0.1, -0.05) is 18.2 Å². The Kier molecular flexibility index (Phi) is 1.89. The molecule has 0 fully saturated rings. The summed E-state index contributed by atoms with van der Waals surface area (Å²) in [5.41, 5.74) is 2.35. The van der Waals surface area contributed by atoms with Crippen LogP contribution in [0.25, 0.3) is 0 Å². The Labute approximate surface area is 92.5 Å². The minimum atomic E-state index is -0.899. The van der Waals surface area contributed by atoms with Gasteiger partial charge in [0.2, 0.25) is 0 Å². The normalized spacial score (nSPS) is 25.9. The highest BCUT2D eigenvalue weighted by molar-refractivity contribution is 5.89. The molecular formula is C12H11NO3. The van der Waals surface area contributed by atoms with Gasteiger partial charge in [0, 0.05) is 5.69 Å². The second-order valence-corrected chi connectivity index (χ2v) is 4.00. The predicted octanol–water partition coefficient (Wildman–Crippen LogP) is 1.56. The molecule has 82 valence electrons. The summed E-state index contributed by atoms with van der Waals surface area (Å²) in [5, 5.41) is 12.4. The third kappa shape index (κ3) is 1.19. The lowest BCUT2D eigenvalue weighted by atomic mass is 9.84. The van der Waals surface area contributed by atoms with Gasteiger partial charge in [0.05, 0.1) is 24.3 Å². The fourth-order valence-electron chi connectivity index (χ4n) is 2.37. The minimum Gasteiger partial charge on any atom is -0.495 e. The zero-order chi connectivity index (χ0) is 11.1. The molecule has 0 saturated heterocycles. The summed E-state index contributed by atoms with van der Waals surface area (Å²) in [4.78, 5) is 11.1. The second kappa shape index (κ2) is 3.27. The molecule has 2 aliphatic heterocycles. The molecule has 2 N–H and O–H groups in total. The quantitative estimate of drug-likeness (QED) is 0.749. The van der Waals surface area contributed by atoms with Gasteiger partial charge < -0.3 is 15.2 Å². The monoisotopic (exact) mass is 217 g/mol. The number of carboxylic acids is 1. The van der Waals surface area contributed by atoms with E-state index in [0.29, 0.717) is 12.1 Å². The van der Waals surface area contributed by atoms with E-state index < -0.39 is 5.97 Å². The fraction of sp³-hybridized carbons (Fsp3) is 0.250. The zero-order valence-electron chi connectivity index (χ0n) is 8.51. The molecule has 1 aromatic rings. The van der Waals surface area contributed by atoms with Crippen LogP contribution in [0.2, 0.25) is 0 Å². The first-order valence-corrected chi connectivity index (χ1v) is 5.19. The lowest BCUT2D eigenvalue weighted by Gasteiger charge is -2.29. The lowest BCUT2D eigenvalue weighted by Crippen LogP contribution is -2.32. The molecular weight excluding hydrogens is 206 g/mol. The maximum atomic E-state index is 11.1. The molecule has 2 heterocycles. The van der Waals surface area contributed by atoms with Crippen molar-refractivity contribution < 1.29 is 14.6 Å².